The molecule has 0 amide bonds. The number of nitrogens with zero attached hydrogens (tertiary/aromatic N) is 1. The van der Waals surface area contributed by atoms with Crippen molar-refractivity contribution in [1.82, 2.24) is 10.2 Å². The van der Waals surface area contributed by atoms with Gasteiger partial charge >= 0.3 is 0 Å². The number of thiophene rings is 1. The molecular weight excluding hydrogens is 228 g/mol. The van der Waals surface area contributed by atoms with Crippen LogP contribution in [-0.4, -0.2) is 31.1 Å². The van der Waals surface area contributed by atoms with E-state index in [0.717, 1.165) is 19.6 Å². The summed E-state index contributed by atoms with van der Waals surface area (Å²) in [5, 5.41) is 5.62. The lowest BCUT2D eigenvalue weighted by molar-refractivity contribution is 0.275. The fourth-order valence-electron chi connectivity index (χ4n) is 1.86. The molecule has 3 heteroatoms. The summed E-state index contributed by atoms with van der Waals surface area (Å²) in [6, 6.07) is 4.37. The van der Waals surface area contributed by atoms with Crippen molar-refractivity contribution in [1.29, 1.82) is 0 Å². The largest absolute Gasteiger partial charge is 0.317 e. The molecule has 1 aromatic rings. The molecule has 0 spiro atoms. The van der Waals surface area contributed by atoms with E-state index in [0.29, 0.717) is 0 Å². The van der Waals surface area contributed by atoms with Crippen molar-refractivity contribution < 1.29 is 0 Å². The second kappa shape index (κ2) is 9.63. The maximum Gasteiger partial charge on any atom is 0.0327 e. The van der Waals surface area contributed by atoms with Gasteiger partial charge in [-0.05, 0) is 56.9 Å². The summed E-state index contributed by atoms with van der Waals surface area (Å²) in [5.41, 5.74) is 0. The van der Waals surface area contributed by atoms with Crippen molar-refractivity contribution in [2.45, 2.75) is 39.7 Å². The molecule has 0 radical (unpaired) electrons. The number of unbranched alkanes of at least 4 members (excludes halogenated alkanes) is 1. The molecule has 0 bridgehead atoms. The number of nitrogens with one attached hydrogen (secondary N) is 1. The molecule has 0 saturated carbocycles. The third kappa shape index (κ3) is 6.81. The van der Waals surface area contributed by atoms with Crippen LogP contribution in [0, 0.1) is 0 Å². The minimum absolute atomic E-state index is 1.12. The second-order valence-corrected chi connectivity index (χ2v) is 5.44. The van der Waals surface area contributed by atoms with Crippen molar-refractivity contribution in [3.63, 3.8) is 0 Å². The Labute approximate surface area is 110 Å². The number of hydrogen-bond donors (Lipinski definition) is 1. The first-order chi connectivity index (χ1) is 8.36. The topological polar surface area (TPSA) is 15.3 Å². The van der Waals surface area contributed by atoms with Gasteiger partial charge in [-0.3, -0.25) is 4.90 Å². The van der Waals surface area contributed by atoms with E-state index in [1.807, 2.05) is 11.3 Å². The van der Waals surface area contributed by atoms with E-state index in [-0.39, 0.29) is 0 Å². The average molecular weight is 254 g/mol. The molecule has 1 heterocycles. The predicted octanol–water partition coefficient (Wildman–Crippen LogP) is 3.35. The quantitative estimate of drug-likeness (QED) is 0.644. The van der Waals surface area contributed by atoms with E-state index < -0.39 is 0 Å². The molecule has 0 fully saturated rings. The Hall–Kier alpha value is -0.380. The monoisotopic (exact) mass is 254 g/mol. The first-order valence-corrected chi connectivity index (χ1v) is 7.70. The van der Waals surface area contributed by atoms with Crippen molar-refractivity contribution in [3.8, 4) is 0 Å². The van der Waals surface area contributed by atoms with Gasteiger partial charge in [0.15, 0.2) is 0 Å². The predicted molar refractivity (Wildman–Crippen MR) is 77.7 cm³/mol. The Bertz CT molecular complexity index is 259. The van der Waals surface area contributed by atoms with Crippen LogP contribution in [0.15, 0.2) is 17.5 Å². The first-order valence-electron chi connectivity index (χ1n) is 6.82. The maximum atomic E-state index is 3.46. The van der Waals surface area contributed by atoms with Gasteiger partial charge in [0.25, 0.3) is 0 Å². The van der Waals surface area contributed by atoms with Gasteiger partial charge in [-0.2, -0.15) is 0 Å². The molecule has 1 aromatic heterocycles. The molecular formula is C14H26N2S. The van der Waals surface area contributed by atoms with E-state index in [2.05, 4.69) is 41.6 Å². The molecule has 0 aromatic carbocycles. The highest BCUT2D eigenvalue weighted by atomic mass is 32.1. The highest BCUT2D eigenvalue weighted by Gasteiger charge is 2.03. The summed E-state index contributed by atoms with van der Waals surface area (Å²) >= 11 is 1.86. The zero-order chi connectivity index (χ0) is 12.3. The molecule has 0 unspecified atom stereocenters. The van der Waals surface area contributed by atoms with Crippen LogP contribution in [0.5, 0.6) is 0 Å². The standard InChI is InChI=1S/C14H26N2S/c1-3-9-15-10-5-6-11-16(4-2)13-14-8-7-12-17-14/h7-8,12,15H,3-6,9-11,13H2,1-2H3. The maximum absolute atomic E-state index is 3.46. The summed E-state index contributed by atoms with van der Waals surface area (Å²) in [4.78, 5) is 4.02. The lowest BCUT2D eigenvalue weighted by Gasteiger charge is -2.19. The van der Waals surface area contributed by atoms with Gasteiger partial charge in [0.1, 0.15) is 0 Å². The molecule has 0 aliphatic carbocycles. The Morgan fingerprint density at radius 2 is 2.12 bits per heavy atom. The minimum atomic E-state index is 1.12. The summed E-state index contributed by atoms with van der Waals surface area (Å²) in [6.45, 7) is 10.3. The van der Waals surface area contributed by atoms with Gasteiger partial charge in [-0.15, -0.1) is 11.3 Å². The molecule has 0 aliphatic heterocycles. The van der Waals surface area contributed by atoms with Crippen LogP contribution >= 0.6 is 11.3 Å². The lowest BCUT2D eigenvalue weighted by atomic mass is 10.2. The molecule has 1 N–H and O–H groups in total. The van der Waals surface area contributed by atoms with E-state index in [9.17, 15) is 0 Å². The Balaban J connectivity index is 2.06. The minimum Gasteiger partial charge on any atom is -0.317 e. The molecule has 0 saturated heterocycles. The van der Waals surface area contributed by atoms with Crippen molar-refractivity contribution in [3.05, 3.63) is 22.4 Å². The van der Waals surface area contributed by atoms with E-state index in [1.54, 1.807) is 0 Å². The zero-order valence-corrected chi connectivity index (χ0v) is 12.1. The highest BCUT2D eigenvalue weighted by Crippen LogP contribution is 2.12. The molecule has 1 rings (SSSR count). The van der Waals surface area contributed by atoms with E-state index in [4.69, 9.17) is 0 Å². The van der Waals surface area contributed by atoms with Gasteiger partial charge in [0.05, 0.1) is 0 Å². The first kappa shape index (κ1) is 14.7. The fourth-order valence-corrected chi connectivity index (χ4v) is 2.61. The molecule has 2 nitrogen and oxygen atoms in total. The van der Waals surface area contributed by atoms with Crippen molar-refractivity contribution >= 4 is 11.3 Å². The van der Waals surface area contributed by atoms with E-state index in [1.165, 1.54) is 37.2 Å². The summed E-state index contributed by atoms with van der Waals surface area (Å²) in [6.07, 6.45) is 3.83. The molecule has 98 valence electrons. The van der Waals surface area contributed by atoms with Gasteiger partial charge < -0.3 is 5.32 Å². The molecule has 0 atom stereocenters. The SMILES string of the molecule is CCCNCCCCN(CC)Cc1cccs1. The average Bonchev–Trinajstić information content (AvgIpc) is 2.85. The fraction of sp³-hybridized carbons (Fsp3) is 0.714. The second-order valence-electron chi connectivity index (χ2n) is 4.41. The Morgan fingerprint density at radius 1 is 1.24 bits per heavy atom. The third-order valence-corrected chi connectivity index (χ3v) is 3.77. The third-order valence-electron chi connectivity index (χ3n) is 2.91. The smallest absolute Gasteiger partial charge is 0.0327 e. The van der Waals surface area contributed by atoms with Crippen molar-refractivity contribution in [2.75, 3.05) is 26.2 Å². The van der Waals surface area contributed by atoms with Crippen molar-refractivity contribution in [2.24, 2.45) is 0 Å². The van der Waals surface area contributed by atoms with Crippen LogP contribution in [0.2, 0.25) is 0 Å². The summed E-state index contributed by atoms with van der Waals surface area (Å²) in [7, 11) is 0. The Kier molecular flexibility index (Phi) is 8.32. The molecule has 0 aliphatic rings. The van der Waals surface area contributed by atoms with Crippen LogP contribution in [0.3, 0.4) is 0 Å². The van der Waals surface area contributed by atoms with Crippen LogP contribution in [0.1, 0.15) is 38.0 Å². The van der Waals surface area contributed by atoms with Crippen LogP contribution in [0.4, 0.5) is 0 Å². The van der Waals surface area contributed by atoms with Gasteiger partial charge in [-0.25, -0.2) is 0 Å². The van der Waals surface area contributed by atoms with Gasteiger partial charge in [0.2, 0.25) is 0 Å². The van der Waals surface area contributed by atoms with Crippen LogP contribution in [0.25, 0.3) is 0 Å². The van der Waals surface area contributed by atoms with E-state index >= 15 is 0 Å². The summed E-state index contributed by atoms with van der Waals surface area (Å²) < 4.78 is 0. The number of hydrogen-bond acceptors (Lipinski definition) is 3. The zero-order valence-electron chi connectivity index (χ0n) is 11.2. The normalized spacial score (nSPS) is 11.2. The lowest BCUT2D eigenvalue weighted by Crippen LogP contribution is -2.24. The van der Waals surface area contributed by atoms with Gasteiger partial charge in [0, 0.05) is 11.4 Å². The summed E-state index contributed by atoms with van der Waals surface area (Å²) in [5.74, 6) is 0. The highest BCUT2D eigenvalue weighted by molar-refractivity contribution is 7.09. The number of rotatable bonds is 10. The Morgan fingerprint density at radius 3 is 2.76 bits per heavy atom. The van der Waals surface area contributed by atoms with Crippen LogP contribution in [-0.2, 0) is 6.54 Å². The molecule has 17 heavy (non-hydrogen) atoms. The van der Waals surface area contributed by atoms with Crippen LogP contribution < -0.4 is 5.32 Å². The van der Waals surface area contributed by atoms with Gasteiger partial charge in [-0.1, -0.05) is 19.9 Å².